The molecule has 1 aromatic carbocycles. The van der Waals surface area contributed by atoms with Gasteiger partial charge in [0, 0.05) is 6.20 Å². The molecule has 1 saturated carbocycles. The Morgan fingerprint density at radius 2 is 1.90 bits per heavy atom. The first-order valence-electron chi connectivity index (χ1n) is 9.90. The molecule has 0 bridgehead atoms. The first-order valence-corrected chi connectivity index (χ1v) is 9.90. The maximum Gasteiger partial charge on any atom is 0.350 e. The zero-order valence-corrected chi connectivity index (χ0v) is 16.0. The lowest BCUT2D eigenvalue weighted by Crippen LogP contribution is -2.46. The Balaban J connectivity index is 1.41. The molecule has 0 unspecified atom stereocenters. The van der Waals surface area contributed by atoms with Crippen LogP contribution in [0.15, 0.2) is 47.4 Å². The summed E-state index contributed by atoms with van der Waals surface area (Å²) < 4.78 is 14.0. The monoisotopic (exact) mass is 394 g/mol. The van der Waals surface area contributed by atoms with E-state index in [9.17, 15) is 9.59 Å². The van der Waals surface area contributed by atoms with Crippen LogP contribution in [0.4, 0.5) is 0 Å². The van der Waals surface area contributed by atoms with Crippen molar-refractivity contribution in [2.24, 2.45) is 0 Å². The molecule has 0 saturated heterocycles. The predicted molar refractivity (Wildman–Crippen MR) is 105 cm³/mol. The van der Waals surface area contributed by atoms with E-state index in [2.05, 4.69) is 10.4 Å². The second kappa shape index (κ2) is 6.95. The molecule has 1 aliphatic heterocycles. The summed E-state index contributed by atoms with van der Waals surface area (Å²) in [7, 11) is 0. The standard InChI is InChI=1S/C21H22N4O4/c26-19(14-25-20(27)24-10-4-1-5-18(24)23-25)22-21(8-2-3-9-21)15-6-7-16-17(13-15)29-12-11-28-16/h1,4-7,10,13H,2-3,8-9,11-12,14H2,(H,22,26). The molecule has 1 fully saturated rings. The van der Waals surface area contributed by atoms with Crippen LogP contribution in [-0.2, 0) is 16.9 Å². The van der Waals surface area contributed by atoms with Gasteiger partial charge in [0.1, 0.15) is 19.8 Å². The number of ether oxygens (including phenoxy) is 2. The average Bonchev–Trinajstić information content (AvgIpc) is 3.33. The summed E-state index contributed by atoms with van der Waals surface area (Å²) in [6.07, 6.45) is 5.40. The van der Waals surface area contributed by atoms with E-state index in [4.69, 9.17) is 9.47 Å². The van der Waals surface area contributed by atoms with E-state index in [1.54, 1.807) is 18.3 Å². The minimum atomic E-state index is -0.463. The Bertz CT molecular complexity index is 1130. The number of hydrogen-bond donors (Lipinski definition) is 1. The van der Waals surface area contributed by atoms with Gasteiger partial charge < -0.3 is 14.8 Å². The SMILES string of the molecule is O=C(Cn1nc2ccccn2c1=O)NC1(c2ccc3c(c2)OCCO3)CCCC1. The summed E-state index contributed by atoms with van der Waals surface area (Å²) in [5, 5.41) is 7.44. The Hall–Kier alpha value is -3.29. The van der Waals surface area contributed by atoms with E-state index in [0.29, 0.717) is 24.6 Å². The molecule has 0 spiro atoms. The summed E-state index contributed by atoms with van der Waals surface area (Å²) in [5.41, 5.74) is 0.744. The number of rotatable bonds is 4. The topological polar surface area (TPSA) is 86.9 Å². The van der Waals surface area contributed by atoms with Gasteiger partial charge >= 0.3 is 5.69 Å². The van der Waals surface area contributed by atoms with Crippen molar-refractivity contribution in [1.29, 1.82) is 0 Å². The van der Waals surface area contributed by atoms with E-state index < -0.39 is 5.54 Å². The van der Waals surface area contributed by atoms with Crippen LogP contribution in [0.3, 0.4) is 0 Å². The Morgan fingerprint density at radius 3 is 2.69 bits per heavy atom. The molecule has 1 amide bonds. The highest BCUT2D eigenvalue weighted by Crippen LogP contribution is 2.42. The van der Waals surface area contributed by atoms with Crippen LogP contribution in [0.1, 0.15) is 31.2 Å². The molecular formula is C21H22N4O4. The molecule has 0 atom stereocenters. The molecule has 2 aliphatic rings. The molecule has 2 aromatic heterocycles. The number of fused-ring (bicyclic) bond motifs is 2. The van der Waals surface area contributed by atoms with Crippen LogP contribution < -0.4 is 20.5 Å². The first-order chi connectivity index (χ1) is 14.1. The molecule has 0 radical (unpaired) electrons. The second-order valence-corrected chi connectivity index (χ2v) is 7.56. The van der Waals surface area contributed by atoms with Gasteiger partial charge in [-0.1, -0.05) is 25.0 Å². The third-order valence-electron chi connectivity index (χ3n) is 5.71. The molecular weight excluding hydrogens is 372 g/mol. The van der Waals surface area contributed by atoms with Gasteiger partial charge in [0.05, 0.1) is 5.54 Å². The van der Waals surface area contributed by atoms with Crippen molar-refractivity contribution in [3.63, 3.8) is 0 Å². The predicted octanol–water partition coefficient (Wildman–Crippen LogP) is 1.85. The number of aromatic nitrogens is 3. The lowest BCUT2D eigenvalue weighted by Gasteiger charge is -2.32. The molecule has 8 heteroatoms. The van der Waals surface area contributed by atoms with E-state index in [-0.39, 0.29) is 18.1 Å². The van der Waals surface area contributed by atoms with Crippen molar-refractivity contribution < 1.29 is 14.3 Å². The summed E-state index contributed by atoms with van der Waals surface area (Å²) in [5.74, 6) is 1.22. The summed E-state index contributed by atoms with van der Waals surface area (Å²) in [6, 6.07) is 11.2. The van der Waals surface area contributed by atoms with Crippen molar-refractivity contribution in [2.45, 2.75) is 37.8 Å². The highest BCUT2D eigenvalue weighted by molar-refractivity contribution is 5.77. The van der Waals surface area contributed by atoms with Gasteiger partial charge in [0.25, 0.3) is 0 Å². The maximum absolute atomic E-state index is 12.9. The first kappa shape index (κ1) is 17.8. The third kappa shape index (κ3) is 3.14. The minimum Gasteiger partial charge on any atom is -0.486 e. The summed E-state index contributed by atoms with van der Waals surface area (Å²) in [4.78, 5) is 25.4. The number of pyridine rings is 1. The van der Waals surface area contributed by atoms with Crippen LogP contribution >= 0.6 is 0 Å². The van der Waals surface area contributed by atoms with Gasteiger partial charge in [0.2, 0.25) is 5.91 Å². The Morgan fingerprint density at radius 1 is 1.10 bits per heavy atom. The lowest BCUT2D eigenvalue weighted by molar-refractivity contribution is -0.124. The largest absolute Gasteiger partial charge is 0.486 e. The molecule has 3 aromatic rings. The molecule has 150 valence electrons. The van der Waals surface area contributed by atoms with Gasteiger partial charge in [-0.05, 0) is 42.7 Å². The number of carbonyl (C=O) groups excluding carboxylic acids is 1. The highest BCUT2D eigenvalue weighted by atomic mass is 16.6. The number of hydrogen-bond acceptors (Lipinski definition) is 5. The van der Waals surface area contributed by atoms with E-state index in [1.165, 1.54) is 9.08 Å². The zero-order chi connectivity index (χ0) is 19.8. The Labute approximate surface area is 167 Å². The van der Waals surface area contributed by atoms with Crippen molar-refractivity contribution in [3.05, 3.63) is 58.6 Å². The fraction of sp³-hybridized carbons (Fsp3) is 0.381. The van der Waals surface area contributed by atoms with E-state index in [1.807, 2.05) is 24.3 Å². The van der Waals surface area contributed by atoms with Crippen LogP contribution in [0.5, 0.6) is 11.5 Å². The second-order valence-electron chi connectivity index (χ2n) is 7.56. The molecule has 3 heterocycles. The van der Waals surface area contributed by atoms with Gasteiger partial charge in [-0.25, -0.2) is 9.48 Å². The normalized spacial score (nSPS) is 17.4. The molecule has 1 N–H and O–H groups in total. The van der Waals surface area contributed by atoms with Crippen molar-refractivity contribution in [1.82, 2.24) is 19.5 Å². The molecule has 5 rings (SSSR count). The highest BCUT2D eigenvalue weighted by Gasteiger charge is 2.38. The van der Waals surface area contributed by atoms with Gasteiger partial charge in [-0.2, -0.15) is 0 Å². The fourth-order valence-electron chi connectivity index (χ4n) is 4.32. The molecule has 1 aliphatic carbocycles. The van der Waals surface area contributed by atoms with Crippen LogP contribution in [-0.4, -0.2) is 33.3 Å². The maximum atomic E-state index is 12.9. The smallest absolute Gasteiger partial charge is 0.350 e. The molecule has 29 heavy (non-hydrogen) atoms. The van der Waals surface area contributed by atoms with Crippen molar-refractivity contribution >= 4 is 11.6 Å². The van der Waals surface area contributed by atoms with E-state index >= 15 is 0 Å². The fourth-order valence-corrected chi connectivity index (χ4v) is 4.32. The molecule has 8 nitrogen and oxygen atoms in total. The van der Waals surface area contributed by atoms with Gasteiger partial charge in [-0.15, -0.1) is 5.10 Å². The summed E-state index contributed by atoms with van der Waals surface area (Å²) >= 11 is 0. The van der Waals surface area contributed by atoms with Crippen LogP contribution in [0.2, 0.25) is 0 Å². The lowest BCUT2D eigenvalue weighted by atomic mass is 9.87. The Kier molecular flexibility index (Phi) is 4.26. The van der Waals surface area contributed by atoms with Crippen LogP contribution in [0.25, 0.3) is 5.65 Å². The van der Waals surface area contributed by atoms with Gasteiger partial charge in [0.15, 0.2) is 17.1 Å². The summed E-state index contributed by atoms with van der Waals surface area (Å²) in [6.45, 7) is 0.946. The minimum absolute atomic E-state index is 0.118. The van der Waals surface area contributed by atoms with Crippen molar-refractivity contribution in [3.8, 4) is 11.5 Å². The average molecular weight is 394 g/mol. The number of amides is 1. The number of benzene rings is 1. The zero-order valence-electron chi connectivity index (χ0n) is 16.0. The number of nitrogens with one attached hydrogen (secondary N) is 1. The van der Waals surface area contributed by atoms with Gasteiger partial charge in [-0.3, -0.25) is 9.20 Å². The van der Waals surface area contributed by atoms with Crippen LogP contribution in [0, 0.1) is 0 Å². The third-order valence-corrected chi connectivity index (χ3v) is 5.71. The number of nitrogens with zero attached hydrogens (tertiary/aromatic N) is 3. The van der Waals surface area contributed by atoms with E-state index in [0.717, 1.165) is 37.0 Å². The quantitative estimate of drug-likeness (QED) is 0.730. The number of carbonyl (C=O) groups is 1. The van der Waals surface area contributed by atoms with Crippen molar-refractivity contribution in [2.75, 3.05) is 13.2 Å².